The molecule has 4 rings (SSSR count). The van der Waals surface area contributed by atoms with Crippen molar-refractivity contribution in [1.29, 1.82) is 0 Å². The number of benzene rings is 3. The molecule has 0 aliphatic carbocycles. The number of carbonyl (C=O) groups is 1. The quantitative estimate of drug-likeness (QED) is 0.0928. The van der Waals surface area contributed by atoms with Gasteiger partial charge in [-0.2, -0.15) is 0 Å². The standard InChI is InChI=1S/C23H14I2N2O4S2/c24-18-9-15(10-19(25)21(18)31-13-14-5-2-1-3-6-14)11-20-22(28)26(23(32)33-20)16-7-4-8-17(12-16)27(29)30/h1-12H,13H2/b20-11-. The third-order valence-corrected chi connectivity index (χ3v) is 7.54. The summed E-state index contributed by atoms with van der Waals surface area (Å²) in [5, 5.41) is 11.1. The molecule has 0 aromatic heterocycles. The summed E-state index contributed by atoms with van der Waals surface area (Å²) >= 11 is 11.0. The molecule has 0 spiro atoms. The van der Waals surface area contributed by atoms with Crippen molar-refractivity contribution < 1.29 is 14.5 Å². The second kappa shape index (κ2) is 10.5. The number of hydrogen-bond donors (Lipinski definition) is 0. The Labute approximate surface area is 226 Å². The summed E-state index contributed by atoms with van der Waals surface area (Å²) in [7, 11) is 0. The molecule has 1 amide bonds. The molecule has 0 atom stereocenters. The lowest BCUT2D eigenvalue weighted by Crippen LogP contribution is -2.27. The molecule has 0 saturated carbocycles. The summed E-state index contributed by atoms with van der Waals surface area (Å²) in [5.74, 6) is 0.487. The van der Waals surface area contributed by atoms with Crippen LogP contribution >= 0.6 is 69.2 Å². The molecule has 1 heterocycles. The number of nitro groups is 1. The molecule has 0 radical (unpaired) electrons. The highest BCUT2D eigenvalue weighted by molar-refractivity contribution is 14.1. The molecule has 3 aromatic rings. The van der Waals surface area contributed by atoms with Crippen LogP contribution in [0, 0.1) is 17.3 Å². The van der Waals surface area contributed by atoms with Gasteiger partial charge in [-0.3, -0.25) is 19.8 Å². The van der Waals surface area contributed by atoms with Crippen LogP contribution in [0.1, 0.15) is 11.1 Å². The van der Waals surface area contributed by atoms with E-state index in [1.54, 1.807) is 12.1 Å². The van der Waals surface area contributed by atoms with Gasteiger partial charge in [0, 0.05) is 12.1 Å². The molecular weight excluding hydrogens is 686 g/mol. The van der Waals surface area contributed by atoms with E-state index in [9.17, 15) is 14.9 Å². The SMILES string of the molecule is O=C1/C(=C/c2cc(I)c(OCc3ccccc3)c(I)c2)SC(=S)N1c1cccc([N+](=O)[O-])c1. The highest BCUT2D eigenvalue weighted by Crippen LogP contribution is 2.38. The number of halogens is 2. The van der Waals surface area contributed by atoms with Gasteiger partial charge in [-0.1, -0.05) is 60.4 Å². The van der Waals surface area contributed by atoms with Gasteiger partial charge in [-0.25, -0.2) is 0 Å². The van der Waals surface area contributed by atoms with Crippen LogP contribution < -0.4 is 9.64 Å². The third-order valence-electron chi connectivity index (χ3n) is 4.64. The Bertz CT molecular complexity index is 1280. The number of nitro benzene ring substituents is 1. The van der Waals surface area contributed by atoms with E-state index in [0.29, 0.717) is 21.5 Å². The van der Waals surface area contributed by atoms with Crippen molar-refractivity contribution in [3.63, 3.8) is 0 Å². The molecule has 10 heteroatoms. The van der Waals surface area contributed by atoms with E-state index in [1.807, 2.05) is 42.5 Å². The van der Waals surface area contributed by atoms with Crippen molar-refractivity contribution in [2.75, 3.05) is 4.90 Å². The molecule has 0 N–H and O–H groups in total. The van der Waals surface area contributed by atoms with Gasteiger partial charge in [0.25, 0.3) is 11.6 Å². The summed E-state index contributed by atoms with van der Waals surface area (Å²) in [6.45, 7) is 0.466. The van der Waals surface area contributed by atoms with Gasteiger partial charge in [0.05, 0.1) is 22.7 Å². The van der Waals surface area contributed by atoms with Crippen LogP contribution in [-0.4, -0.2) is 15.2 Å². The van der Waals surface area contributed by atoms with Crippen LogP contribution in [0.4, 0.5) is 11.4 Å². The van der Waals surface area contributed by atoms with Crippen LogP contribution in [0.3, 0.4) is 0 Å². The smallest absolute Gasteiger partial charge is 0.271 e. The summed E-state index contributed by atoms with van der Waals surface area (Å²) < 4.78 is 8.22. The predicted molar refractivity (Wildman–Crippen MR) is 151 cm³/mol. The normalized spacial score (nSPS) is 14.7. The Morgan fingerprint density at radius 2 is 1.76 bits per heavy atom. The average molecular weight is 700 g/mol. The first-order valence-corrected chi connectivity index (χ1v) is 12.9. The minimum atomic E-state index is -0.498. The minimum absolute atomic E-state index is 0.0965. The zero-order valence-corrected chi connectivity index (χ0v) is 22.7. The average Bonchev–Trinajstić information content (AvgIpc) is 3.06. The summed E-state index contributed by atoms with van der Waals surface area (Å²) in [5.41, 5.74) is 2.21. The summed E-state index contributed by atoms with van der Waals surface area (Å²) in [4.78, 5) is 25.4. The van der Waals surface area contributed by atoms with Crippen molar-refractivity contribution in [3.05, 3.63) is 100 Å². The predicted octanol–water partition coefficient (Wildman–Crippen LogP) is 6.79. The highest BCUT2D eigenvalue weighted by Gasteiger charge is 2.34. The number of rotatable bonds is 6. The highest BCUT2D eigenvalue weighted by atomic mass is 127. The second-order valence-electron chi connectivity index (χ2n) is 6.88. The molecule has 166 valence electrons. The maximum atomic E-state index is 13.0. The largest absolute Gasteiger partial charge is 0.487 e. The van der Waals surface area contributed by atoms with Gasteiger partial charge >= 0.3 is 0 Å². The molecule has 6 nitrogen and oxygen atoms in total. The zero-order valence-electron chi connectivity index (χ0n) is 16.7. The second-order valence-corrected chi connectivity index (χ2v) is 10.9. The first-order chi connectivity index (χ1) is 15.8. The van der Waals surface area contributed by atoms with Gasteiger partial charge in [-0.05, 0) is 80.6 Å². The number of hydrogen-bond acceptors (Lipinski definition) is 6. The number of thioether (sulfide) groups is 1. The number of ether oxygens (including phenoxy) is 1. The molecule has 1 aliphatic rings. The van der Waals surface area contributed by atoms with Gasteiger partial charge in [-0.15, -0.1) is 0 Å². The van der Waals surface area contributed by atoms with Gasteiger partial charge in [0.2, 0.25) is 0 Å². The molecule has 33 heavy (non-hydrogen) atoms. The van der Waals surface area contributed by atoms with Crippen molar-refractivity contribution in [2.45, 2.75) is 6.61 Å². The first-order valence-electron chi connectivity index (χ1n) is 9.51. The molecular formula is C23H14I2N2O4S2. The molecule has 0 unspecified atom stereocenters. The fraction of sp³-hybridized carbons (Fsp3) is 0.0435. The third kappa shape index (κ3) is 5.55. The number of amides is 1. The maximum Gasteiger partial charge on any atom is 0.271 e. The van der Waals surface area contributed by atoms with E-state index < -0.39 is 4.92 Å². The Balaban J connectivity index is 1.56. The lowest BCUT2D eigenvalue weighted by Gasteiger charge is -2.14. The summed E-state index contributed by atoms with van der Waals surface area (Å²) in [6.07, 6.45) is 1.78. The van der Waals surface area contributed by atoms with E-state index in [1.165, 1.54) is 34.9 Å². The Hall–Kier alpha value is -2.03. The van der Waals surface area contributed by atoms with E-state index in [-0.39, 0.29) is 11.6 Å². The minimum Gasteiger partial charge on any atom is -0.487 e. The number of nitrogens with zero attached hydrogens (tertiary/aromatic N) is 2. The molecule has 3 aromatic carbocycles. The number of carbonyl (C=O) groups excluding carboxylic acids is 1. The van der Waals surface area contributed by atoms with Crippen molar-refractivity contribution in [2.24, 2.45) is 0 Å². The molecule has 1 fully saturated rings. The Morgan fingerprint density at radius 3 is 2.42 bits per heavy atom. The van der Waals surface area contributed by atoms with Crippen molar-refractivity contribution in [3.8, 4) is 5.75 Å². The fourth-order valence-corrected chi connectivity index (χ4v) is 6.54. The molecule has 1 saturated heterocycles. The lowest BCUT2D eigenvalue weighted by molar-refractivity contribution is -0.384. The van der Waals surface area contributed by atoms with Crippen LogP contribution in [0.25, 0.3) is 6.08 Å². The molecule has 1 aliphatic heterocycles. The van der Waals surface area contributed by atoms with E-state index in [4.69, 9.17) is 17.0 Å². The van der Waals surface area contributed by atoms with Crippen LogP contribution in [-0.2, 0) is 11.4 Å². The first kappa shape index (κ1) is 24.1. The fourth-order valence-electron chi connectivity index (χ4n) is 3.12. The topological polar surface area (TPSA) is 72.7 Å². The Kier molecular flexibility index (Phi) is 7.66. The Morgan fingerprint density at radius 1 is 1.06 bits per heavy atom. The van der Waals surface area contributed by atoms with Crippen LogP contribution in [0.2, 0.25) is 0 Å². The monoisotopic (exact) mass is 700 g/mol. The van der Waals surface area contributed by atoms with Crippen LogP contribution in [0.15, 0.2) is 71.6 Å². The van der Waals surface area contributed by atoms with E-state index >= 15 is 0 Å². The lowest BCUT2D eigenvalue weighted by atomic mass is 10.2. The van der Waals surface area contributed by atoms with Gasteiger partial charge in [0.1, 0.15) is 12.4 Å². The van der Waals surface area contributed by atoms with Gasteiger partial charge in [0.15, 0.2) is 4.32 Å². The van der Waals surface area contributed by atoms with E-state index in [2.05, 4.69) is 45.2 Å². The maximum absolute atomic E-state index is 13.0. The van der Waals surface area contributed by atoms with Crippen molar-refractivity contribution in [1.82, 2.24) is 0 Å². The summed E-state index contributed by atoms with van der Waals surface area (Å²) in [6, 6.07) is 19.7. The molecule has 0 bridgehead atoms. The van der Waals surface area contributed by atoms with E-state index in [0.717, 1.165) is 24.0 Å². The number of non-ortho nitro benzene ring substituents is 1. The van der Waals surface area contributed by atoms with Crippen molar-refractivity contribution >= 4 is 96.8 Å². The van der Waals surface area contributed by atoms with Crippen LogP contribution in [0.5, 0.6) is 5.75 Å². The van der Waals surface area contributed by atoms with Gasteiger partial charge < -0.3 is 4.74 Å². The number of anilines is 1. The number of thiocarbonyl (C=S) groups is 1. The zero-order chi connectivity index (χ0) is 23.5.